The number of esters is 1. The van der Waals surface area contributed by atoms with E-state index >= 15 is 0 Å². The Kier molecular flexibility index (Phi) is 7.80. The van der Waals surface area contributed by atoms with Gasteiger partial charge in [-0.25, -0.2) is 4.98 Å². The van der Waals surface area contributed by atoms with E-state index in [1.165, 1.54) is 13.2 Å². The zero-order valence-corrected chi connectivity index (χ0v) is 17.3. The molecule has 8 heteroatoms. The van der Waals surface area contributed by atoms with Crippen LogP contribution in [0.2, 0.25) is 0 Å². The summed E-state index contributed by atoms with van der Waals surface area (Å²) in [6.45, 7) is 5.95. The first-order valence-electron chi connectivity index (χ1n) is 9.07. The smallest absolute Gasteiger partial charge is 0.311 e. The van der Waals surface area contributed by atoms with Gasteiger partial charge in [0.05, 0.1) is 24.5 Å². The average molecular weight is 404 g/mol. The molecule has 0 unspecified atom stereocenters. The van der Waals surface area contributed by atoms with Crippen LogP contribution in [-0.2, 0) is 20.7 Å². The second kappa shape index (κ2) is 10.1. The third-order valence-corrected chi connectivity index (χ3v) is 5.33. The zero-order valence-electron chi connectivity index (χ0n) is 16.4. The Morgan fingerprint density at radius 1 is 1.29 bits per heavy atom. The fourth-order valence-electron chi connectivity index (χ4n) is 2.57. The SMILES string of the molecule is CC[C@@H](C)c1ccccc1NC(=O)[C@@H](C)Sc1nc(CC(=O)OC)cc(=O)[nH]1. The Morgan fingerprint density at radius 2 is 2.00 bits per heavy atom. The van der Waals surface area contributed by atoms with Crippen molar-refractivity contribution >= 4 is 29.3 Å². The lowest BCUT2D eigenvalue weighted by Crippen LogP contribution is -2.24. The Hall–Kier alpha value is -2.61. The fourth-order valence-corrected chi connectivity index (χ4v) is 3.40. The van der Waals surface area contributed by atoms with Crippen molar-refractivity contribution in [1.82, 2.24) is 9.97 Å². The van der Waals surface area contributed by atoms with Crippen molar-refractivity contribution in [3.63, 3.8) is 0 Å². The van der Waals surface area contributed by atoms with E-state index in [1.54, 1.807) is 6.92 Å². The normalized spacial score (nSPS) is 12.9. The molecule has 1 amide bonds. The zero-order chi connectivity index (χ0) is 20.7. The number of carbonyl (C=O) groups is 2. The molecule has 7 nitrogen and oxygen atoms in total. The first kappa shape index (κ1) is 21.7. The van der Waals surface area contributed by atoms with E-state index in [-0.39, 0.29) is 23.0 Å². The maximum atomic E-state index is 12.6. The largest absolute Gasteiger partial charge is 0.469 e. The monoisotopic (exact) mass is 403 g/mol. The summed E-state index contributed by atoms with van der Waals surface area (Å²) in [6.07, 6.45) is 0.867. The summed E-state index contributed by atoms with van der Waals surface area (Å²) in [5.41, 5.74) is 1.79. The third kappa shape index (κ3) is 5.95. The molecule has 0 aliphatic carbocycles. The van der Waals surface area contributed by atoms with Gasteiger partial charge in [-0.2, -0.15) is 0 Å². The summed E-state index contributed by atoms with van der Waals surface area (Å²) in [6, 6.07) is 8.98. The van der Waals surface area contributed by atoms with Gasteiger partial charge in [0.15, 0.2) is 5.16 Å². The number of para-hydroxylation sites is 1. The number of methoxy groups -OCH3 is 1. The molecule has 1 aromatic carbocycles. The number of nitrogens with zero attached hydrogens (tertiary/aromatic N) is 1. The molecule has 2 rings (SSSR count). The highest BCUT2D eigenvalue weighted by Crippen LogP contribution is 2.27. The molecule has 0 aliphatic heterocycles. The molecule has 0 saturated heterocycles. The van der Waals surface area contributed by atoms with Crippen molar-refractivity contribution in [2.45, 2.75) is 49.9 Å². The Balaban J connectivity index is 2.11. The topological polar surface area (TPSA) is 101 Å². The molecular weight excluding hydrogens is 378 g/mol. The maximum Gasteiger partial charge on any atom is 0.311 e. The molecule has 0 fully saturated rings. The van der Waals surface area contributed by atoms with Crippen LogP contribution < -0.4 is 10.9 Å². The number of ether oxygens (including phenoxy) is 1. The highest BCUT2D eigenvalue weighted by atomic mass is 32.2. The Morgan fingerprint density at radius 3 is 2.68 bits per heavy atom. The second-order valence-electron chi connectivity index (χ2n) is 6.44. The number of aromatic amines is 1. The standard InChI is InChI=1S/C20H25N3O4S/c1-5-12(2)15-8-6-7-9-16(15)22-19(26)13(3)28-20-21-14(10-17(24)23-20)11-18(25)27-4/h6-10,12-13H,5,11H2,1-4H3,(H,22,26)(H,21,23,24)/t12-,13-/m1/s1. The highest BCUT2D eigenvalue weighted by Gasteiger charge is 2.19. The second-order valence-corrected chi connectivity index (χ2v) is 7.77. The molecule has 0 bridgehead atoms. The van der Waals surface area contributed by atoms with Crippen molar-refractivity contribution < 1.29 is 14.3 Å². The molecule has 0 aliphatic rings. The van der Waals surface area contributed by atoms with Crippen LogP contribution in [0.1, 0.15) is 44.4 Å². The predicted octanol–water partition coefficient (Wildman–Crippen LogP) is 3.12. The quantitative estimate of drug-likeness (QED) is 0.399. The molecule has 2 aromatic rings. The van der Waals surface area contributed by atoms with Gasteiger partial charge in [-0.15, -0.1) is 0 Å². The molecule has 2 N–H and O–H groups in total. The van der Waals surface area contributed by atoms with E-state index in [0.717, 1.165) is 29.4 Å². The molecule has 1 aromatic heterocycles. The number of carbonyl (C=O) groups excluding carboxylic acids is 2. The van der Waals surface area contributed by atoms with Crippen LogP contribution in [0.3, 0.4) is 0 Å². The lowest BCUT2D eigenvalue weighted by atomic mass is 9.97. The van der Waals surface area contributed by atoms with Gasteiger partial charge in [0.25, 0.3) is 5.56 Å². The molecule has 1 heterocycles. The van der Waals surface area contributed by atoms with E-state index < -0.39 is 11.2 Å². The van der Waals surface area contributed by atoms with Gasteiger partial charge in [-0.3, -0.25) is 14.4 Å². The average Bonchev–Trinajstić information content (AvgIpc) is 2.67. The van der Waals surface area contributed by atoms with Gasteiger partial charge < -0.3 is 15.0 Å². The van der Waals surface area contributed by atoms with Gasteiger partial charge in [-0.1, -0.05) is 43.8 Å². The Labute approximate surface area is 168 Å². The number of thioether (sulfide) groups is 1. The van der Waals surface area contributed by atoms with Crippen LogP contribution in [0.25, 0.3) is 0 Å². The number of hydrogen-bond acceptors (Lipinski definition) is 6. The minimum absolute atomic E-state index is 0.100. The van der Waals surface area contributed by atoms with Crippen LogP contribution >= 0.6 is 11.8 Å². The van der Waals surface area contributed by atoms with Gasteiger partial charge in [0, 0.05) is 11.8 Å². The summed E-state index contributed by atoms with van der Waals surface area (Å²) in [5, 5.41) is 2.75. The van der Waals surface area contributed by atoms with E-state index in [9.17, 15) is 14.4 Å². The number of anilines is 1. The highest BCUT2D eigenvalue weighted by molar-refractivity contribution is 8.00. The molecule has 2 atom stereocenters. The minimum Gasteiger partial charge on any atom is -0.469 e. The van der Waals surface area contributed by atoms with Crippen molar-refractivity contribution in [3.05, 3.63) is 51.9 Å². The number of H-pyrrole nitrogens is 1. The van der Waals surface area contributed by atoms with Crippen LogP contribution in [-0.4, -0.2) is 34.2 Å². The number of hydrogen-bond donors (Lipinski definition) is 2. The summed E-state index contributed by atoms with van der Waals surface area (Å²) < 4.78 is 4.60. The number of amides is 1. The first-order valence-corrected chi connectivity index (χ1v) is 9.95. The van der Waals surface area contributed by atoms with Crippen molar-refractivity contribution in [3.8, 4) is 0 Å². The molecule has 0 radical (unpaired) electrons. The summed E-state index contributed by atoms with van der Waals surface area (Å²) in [5.74, 6) is -0.351. The molecular formula is C20H25N3O4S. The molecule has 0 saturated carbocycles. The molecule has 0 spiro atoms. The Bertz CT molecular complexity index is 897. The van der Waals surface area contributed by atoms with Gasteiger partial charge >= 0.3 is 5.97 Å². The van der Waals surface area contributed by atoms with Crippen molar-refractivity contribution in [2.24, 2.45) is 0 Å². The van der Waals surface area contributed by atoms with E-state index in [2.05, 4.69) is 33.9 Å². The summed E-state index contributed by atoms with van der Waals surface area (Å²) in [4.78, 5) is 42.7. The van der Waals surface area contributed by atoms with Crippen LogP contribution in [0, 0.1) is 0 Å². The van der Waals surface area contributed by atoms with Crippen LogP contribution in [0.5, 0.6) is 0 Å². The molecule has 150 valence electrons. The van der Waals surface area contributed by atoms with Crippen LogP contribution in [0.15, 0.2) is 40.3 Å². The fraction of sp³-hybridized carbons (Fsp3) is 0.400. The number of nitrogens with one attached hydrogen (secondary N) is 2. The number of aromatic nitrogens is 2. The van der Waals surface area contributed by atoms with Gasteiger partial charge in [-0.05, 0) is 30.9 Å². The summed E-state index contributed by atoms with van der Waals surface area (Å²) >= 11 is 1.12. The predicted molar refractivity (Wildman–Crippen MR) is 110 cm³/mol. The minimum atomic E-state index is -0.499. The third-order valence-electron chi connectivity index (χ3n) is 4.35. The first-order chi connectivity index (χ1) is 13.3. The molecule has 28 heavy (non-hydrogen) atoms. The lowest BCUT2D eigenvalue weighted by molar-refractivity contribution is -0.139. The maximum absolute atomic E-state index is 12.6. The van der Waals surface area contributed by atoms with E-state index in [0.29, 0.717) is 11.6 Å². The van der Waals surface area contributed by atoms with Gasteiger partial charge in [0.2, 0.25) is 5.91 Å². The van der Waals surface area contributed by atoms with E-state index in [4.69, 9.17) is 0 Å². The van der Waals surface area contributed by atoms with Crippen molar-refractivity contribution in [1.29, 1.82) is 0 Å². The van der Waals surface area contributed by atoms with Crippen molar-refractivity contribution in [2.75, 3.05) is 12.4 Å². The number of rotatable bonds is 8. The lowest BCUT2D eigenvalue weighted by Gasteiger charge is -2.17. The van der Waals surface area contributed by atoms with Crippen LogP contribution in [0.4, 0.5) is 5.69 Å². The number of benzene rings is 1. The van der Waals surface area contributed by atoms with Gasteiger partial charge in [0.1, 0.15) is 0 Å². The summed E-state index contributed by atoms with van der Waals surface area (Å²) in [7, 11) is 1.27. The van der Waals surface area contributed by atoms with E-state index in [1.807, 2.05) is 24.3 Å².